The van der Waals surface area contributed by atoms with Crippen LogP contribution in [0.4, 0.5) is 8.78 Å². The number of benzene rings is 1. The van der Waals surface area contributed by atoms with Crippen molar-refractivity contribution >= 4 is 15.9 Å². The molecule has 0 unspecified atom stereocenters. The Morgan fingerprint density at radius 3 is 2.67 bits per heavy atom. The van der Waals surface area contributed by atoms with Crippen LogP contribution < -0.4 is 0 Å². The van der Waals surface area contributed by atoms with Gasteiger partial charge in [-0.05, 0) is 33.8 Å². The molecule has 0 bridgehead atoms. The summed E-state index contributed by atoms with van der Waals surface area (Å²) in [6.07, 6.45) is -0.561. The zero-order chi connectivity index (χ0) is 11.4. The van der Waals surface area contributed by atoms with Gasteiger partial charge >= 0.3 is 0 Å². The largest absolute Gasteiger partial charge is 0.388 e. The molecule has 0 aromatic heterocycles. The normalized spacial score (nSPS) is 22.9. The van der Waals surface area contributed by atoms with Crippen molar-refractivity contribution in [3.05, 3.63) is 33.3 Å². The summed E-state index contributed by atoms with van der Waals surface area (Å²) in [5.41, 5.74) is -0.108. The molecule has 15 heavy (non-hydrogen) atoms. The Morgan fingerprint density at radius 2 is 2.07 bits per heavy atom. The van der Waals surface area contributed by atoms with E-state index in [9.17, 15) is 13.9 Å². The molecule has 1 atom stereocenters. The van der Waals surface area contributed by atoms with Crippen LogP contribution in [0.3, 0.4) is 0 Å². The van der Waals surface area contributed by atoms with E-state index < -0.39 is 23.2 Å². The Balaban J connectivity index is 2.78. The summed E-state index contributed by atoms with van der Waals surface area (Å²) in [4.78, 5) is 0. The number of rotatable bonds is 0. The molecule has 0 heterocycles. The smallest absolute Gasteiger partial charge is 0.143 e. The molecule has 2 rings (SSSR count). The van der Waals surface area contributed by atoms with Crippen molar-refractivity contribution in [2.75, 3.05) is 0 Å². The van der Waals surface area contributed by atoms with Gasteiger partial charge in [-0.15, -0.1) is 0 Å². The molecular formula is C11H11BrF2O. The van der Waals surface area contributed by atoms with E-state index in [0.29, 0.717) is 12.0 Å². The second-order valence-corrected chi connectivity index (χ2v) is 5.40. The fourth-order valence-corrected chi connectivity index (χ4v) is 2.72. The summed E-state index contributed by atoms with van der Waals surface area (Å²) in [6, 6.07) is 1.12. The molecule has 0 radical (unpaired) electrons. The van der Waals surface area contributed by atoms with Crippen molar-refractivity contribution < 1.29 is 13.9 Å². The zero-order valence-corrected chi connectivity index (χ0v) is 10.0. The molecular weight excluding hydrogens is 266 g/mol. The fraction of sp³-hybridized carbons (Fsp3) is 0.455. The van der Waals surface area contributed by atoms with Crippen LogP contribution in [-0.4, -0.2) is 5.11 Å². The molecule has 1 aliphatic rings. The second kappa shape index (κ2) is 3.25. The first-order valence-electron chi connectivity index (χ1n) is 4.70. The first kappa shape index (κ1) is 11.0. The Morgan fingerprint density at radius 1 is 1.47 bits per heavy atom. The highest BCUT2D eigenvalue weighted by Gasteiger charge is 2.41. The van der Waals surface area contributed by atoms with Crippen LogP contribution in [0.15, 0.2) is 10.5 Å². The highest BCUT2D eigenvalue weighted by Crippen LogP contribution is 2.48. The van der Waals surface area contributed by atoms with E-state index in [0.717, 1.165) is 6.07 Å². The van der Waals surface area contributed by atoms with Crippen molar-refractivity contribution in [1.82, 2.24) is 0 Å². The van der Waals surface area contributed by atoms with Crippen LogP contribution in [0, 0.1) is 11.6 Å². The van der Waals surface area contributed by atoms with Gasteiger partial charge in [-0.3, -0.25) is 0 Å². The third-order valence-electron chi connectivity index (χ3n) is 2.92. The molecule has 4 heteroatoms. The van der Waals surface area contributed by atoms with E-state index in [1.807, 2.05) is 0 Å². The number of hydrogen-bond donors (Lipinski definition) is 1. The quantitative estimate of drug-likeness (QED) is 0.720. The highest BCUT2D eigenvalue weighted by molar-refractivity contribution is 9.10. The van der Waals surface area contributed by atoms with Crippen molar-refractivity contribution in [3.63, 3.8) is 0 Å². The Kier molecular flexibility index (Phi) is 2.39. The van der Waals surface area contributed by atoms with Crippen LogP contribution >= 0.6 is 15.9 Å². The number of fused-ring (bicyclic) bond motifs is 1. The van der Waals surface area contributed by atoms with Crippen LogP contribution in [0.2, 0.25) is 0 Å². The lowest BCUT2D eigenvalue weighted by molar-refractivity contribution is 0.158. The Bertz CT molecular complexity index is 429. The minimum Gasteiger partial charge on any atom is -0.388 e. The summed E-state index contributed by atoms with van der Waals surface area (Å²) in [6.45, 7) is 3.61. The molecule has 1 aromatic rings. The van der Waals surface area contributed by atoms with Gasteiger partial charge in [0, 0.05) is 11.1 Å². The monoisotopic (exact) mass is 276 g/mol. The lowest BCUT2D eigenvalue weighted by Gasteiger charge is -2.19. The molecule has 0 spiro atoms. The van der Waals surface area contributed by atoms with Crippen LogP contribution in [0.5, 0.6) is 0 Å². The van der Waals surface area contributed by atoms with Gasteiger partial charge in [-0.25, -0.2) is 8.78 Å². The van der Waals surface area contributed by atoms with Gasteiger partial charge in [0.05, 0.1) is 10.6 Å². The topological polar surface area (TPSA) is 20.2 Å². The number of halogens is 3. The summed E-state index contributed by atoms with van der Waals surface area (Å²) in [5.74, 6) is -1.01. The van der Waals surface area contributed by atoms with E-state index in [2.05, 4.69) is 15.9 Å². The van der Waals surface area contributed by atoms with Crippen molar-refractivity contribution in [2.45, 2.75) is 31.8 Å². The van der Waals surface area contributed by atoms with Gasteiger partial charge in [0.2, 0.25) is 0 Å². The summed E-state index contributed by atoms with van der Waals surface area (Å²) in [5, 5.41) is 9.72. The molecule has 1 nitrogen and oxygen atoms in total. The summed E-state index contributed by atoms with van der Waals surface area (Å²) < 4.78 is 27.5. The lowest BCUT2D eigenvalue weighted by atomic mass is 9.86. The van der Waals surface area contributed by atoms with Gasteiger partial charge in [0.1, 0.15) is 11.6 Å². The molecule has 1 aromatic carbocycles. The minimum atomic E-state index is -0.915. The van der Waals surface area contributed by atoms with Crippen LogP contribution in [0.1, 0.15) is 37.5 Å². The SMILES string of the molecule is CC1(C)C[C@H](O)c2c(F)c(Br)cc(F)c21. The predicted molar refractivity (Wildman–Crippen MR) is 56.7 cm³/mol. The van der Waals surface area contributed by atoms with Crippen molar-refractivity contribution in [3.8, 4) is 0 Å². The van der Waals surface area contributed by atoms with E-state index in [-0.39, 0.29) is 10.0 Å². The van der Waals surface area contributed by atoms with Crippen molar-refractivity contribution in [1.29, 1.82) is 0 Å². The first-order valence-corrected chi connectivity index (χ1v) is 5.50. The maximum atomic E-state index is 13.7. The lowest BCUT2D eigenvalue weighted by Crippen LogP contribution is -2.14. The van der Waals surface area contributed by atoms with Gasteiger partial charge in [-0.1, -0.05) is 13.8 Å². The molecule has 0 aliphatic heterocycles. The number of hydrogen-bond acceptors (Lipinski definition) is 1. The van der Waals surface area contributed by atoms with E-state index >= 15 is 0 Å². The van der Waals surface area contributed by atoms with E-state index in [1.165, 1.54) is 0 Å². The Hall–Kier alpha value is -0.480. The Labute approximate surface area is 95.2 Å². The summed E-state index contributed by atoms with van der Waals surface area (Å²) >= 11 is 2.94. The zero-order valence-electron chi connectivity index (χ0n) is 8.44. The average molecular weight is 277 g/mol. The maximum Gasteiger partial charge on any atom is 0.143 e. The molecule has 1 N–H and O–H groups in total. The molecule has 1 aliphatic carbocycles. The first-order chi connectivity index (χ1) is 6.84. The van der Waals surface area contributed by atoms with E-state index in [1.54, 1.807) is 13.8 Å². The number of aliphatic hydroxyl groups excluding tert-OH is 1. The van der Waals surface area contributed by atoms with Gasteiger partial charge < -0.3 is 5.11 Å². The fourth-order valence-electron chi connectivity index (χ4n) is 2.30. The standard InChI is InChI=1S/C11H11BrF2O/c1-11(2)4-7(15)8-9(11)6(13)3-5(12)10(8)14/h3,7,15H,4H2,1-2H3/t7-/m0/s1. The van der Waals surface area contributed by atoms with Crippen LogP contribution in [0.25, 0.3) is 0 Å². The molecule has 0 saturated carbocycles. The van der Waals surface area contributed by atoms with Crippen molar-refractivity contribution in [2.24, 2.45) is 0 Å². The maximum absolute atomic E-state index is 13.7. The molecule has 0 fully saturated rings. The predicted octanol–water partition coefficient (Wildman–Crippen LogP) is 3.44. The third kappa shape index (κ3) is 1.51. The summed E-state index contributed by atoms with van der Waals surface area (Å²) in [7, 11) is 0. The van der Waals surface area contributed by atoms with Gasteiger partial charge in [-0.2, -0.15) is 0 Å². The van der Waals surface area contributed by atoms with Gasteiger partial charge in [0.25, 0.3) is 0 Å². The number of aliphatic hydroxyl groups is 1. The minimum absolute atomic E-state index is 0.0653. The average Bonchev–Trinajstić information content (AvgIpc) is 2.32. The van der Waals surface area contributed by atoms with E-state index in [4.69, 9.17) is 0 Å². The van der Waals surface area contributed by atoms with Gasteiger partial charge in [0.15, 0.2) is 0 Å². The molecule has 82 valence electrons. The highest BCUT2D eigenvalue weighted by atomic mass is 79.9. The second-order valence-electron chi connectivity index (χ2n) is 4.55. The van der Waals surface area contributed by atoms with Crippen LogP contribution in [-0.2, 0) is 5.41 Å². The third-order valence-corrected chi connectivity index (χ3v) is 3.50. The molecule has 0 saturated heterocycles. The molecule has 0 amide bonds.